The Balaban J connectivity index is 2.56. The highest BCUT2D eigenvalue weighted by atomic mass is 79.9. The number of ether oxygens (including phenoxy) is 1. The minimum atomic E-state index is -0.803. The number of halogens is 3. The van der Waals surface area contributed by atoms with Crippen LogP contribution in [0.2, 0.25) is 0 Å². The fourth-order valence-electron chi connectivity index (χ4n) is 1.60. The van der Waals surface area contributed by atoms with Crippen LogP contribution in [-0.2, 0) is 11.3 Å². The van der Waals surface area contributed by atoms with Crippen molar-refractivity contribution in [2.75, 3.05) is 27.3 Å². The molecule has 2 nitrogen and oxygen atoms in total. The molecule has 0 saturated carbocycles. The molecular formula is C12H16BrF2NO. The van der Waals surface area contributed by atoms with Gasteiger partial charge in [-0.2, -0.15) is 0 Å². The van der Waals surface area contributed by atoms with Crippen molar-refractivity contribution >= 4 is 15.9 Å². The summed E-state index contributed by atoms with van der Waals surface area (Å²) in [6.07, 6.45) is 0. The molecule has 0 aliphatic heterocycles. The molecule has 17 heavy (non-hydrogen) atoms. The van der Waals surface area contributed by atoms with Gasteiger partial charge in [-0.05, 0) is 13.1 Å². The van der Waals surface area contributed by atoms with Gasteiger partial charge in [0.2, 0.25) is 0 Å². The molecule has 5 heteroatoms. The second kappa shape index (κ2) is 7.03. The van der Waals surface area contributed by atoms with Crippen LogP contribution in [0.25, 0.3) is 0 Å². The summed E-state index contributed by atoms with van der Waals surface area (Å²) in [5.41, 5.74) is 0.365. The maximum atomic E-state index is 13.4. The molecule has 0 spiro atoms. The SMILES string of the molecule is COCC(Br)CN(C)Cc1cccc(F)c1F. The average Bonchev–Trinajstić information content (AvgIpc) is 2.25. The highest BCUT2D eigenvalue weighted by Gasteiger charge is 2.12. The van der Waals surface area contributed by atoms with Crippen molar-refractivity contribution in [2.45, 2.75) is 11.4 Å². The van der Waals surface area contributed by atoms with Gasteiger partial charge in [0.05, 0.1) is 11.4 Å². The van der Waals surface area contributed by atoms with Crippen LogP contribution in [0, 0.1) is 11.6 Å². The number of nitrogens with zero attached hydrogens (tertiary/aromatic N) is 1. The third-order valence-corrected chi connectivity index (χ3v) is 2.88. The van der Waals surface area contributed by atoms with Crippen LogP contribution >= 0.6 is 15.9 Å². The molecule has 96 valence electrons. The molecule has 0 saturated heterocycles. The Bertz CT molecular complexity index is 362. The first-order valence-corrected chi connectivity index (χ1v) is 6.20. The Morgan fingerprint density at radius 3 is 2.76 bits per heavy atom. The van der Waals surface area contributed by atoms with Crippen molar-refractivity contribution in [3.63, 3.8) is 0 Å². The predicted octanol–water partition coefficient (Wildman–Crippen LogP) is 2.81. The first-order chi connectivity index (χ1) is 8.04. The van der Waals surface area contributed by atoms with Crippen molar-refractivity contribution in [3.8, 4) is 0 Å². The van der Waals surface area contributed by atoms with Crippen LogP contribution in [0.4, 0.5) is 8.78 Å². The van der Waals surface area contributed by atoms with E-state index < -0.39 is 11.6 Å². The van der Waals surface area contributed by atoms with Gasteiger partial charge >= 0.3 is 0 Å². The number of hydrogen-bond donors (Lipinski definition) is 0. The summed E-state index contributed by atoms with van der Waals surface area (Å²) >= 11 is 3.45. The van der Waals surface area contributed by atoms with Crippen molar-refractivity contribution in [1.29, 1.82) is 0 Å². The van der Waals surface area contributed by atoms with Gasteiger partial charge in [-0.15, -0.1) is 0 Å². The van der Waals surface area contributed by atoms with Gasteiger partial charge in [0.1, 0.15) is 0 Å². The lowest BCUT2D eigenvalue weighted by Crippen LogP contribution is -2.28. The number of methoxy groups -OCH3 is 1. The first-order valence-electron chi connectivity index (χ1n) is 5.29. The number of alkyl halides is 1. The average molecular weight is 308 g/mol. The molecule has 0 fully saturated rings. The maximum absolute atomic E-state index is 13.4. The molecule has 0 amide bonds. The van der Waals surface area contributed by atoms with E-state index in [4.69, 9.17) is 4.74 Å². The highest BCUT2D eigenvalue weighted by Crippen LogP contribution is 2.14. The largest absolute Gasteiger partial charge is 0.383 e. The second-order valence-corrected chi connectivity index (χ2v) is 5.26. The Morgan fingerprint density at radius 1 is 1.41 bits per heavy atom. The van der Waals surface area contributed by atoms with Crippen molar-refractivity contribution < 1.29 is 13.5 Å². The van der Waals surface area contributed by atoms with Crippen LogP contribution in [-0.4, -0.2) is 37.0 Å². The second-order valence-electron chi connectivity index (χ2n) is 3.96. The number of benzene rings is 1. The molecule has 0 heterocycles. The normalized spacial score (nSPS) is 13.1. The van der Waals surface area contributed by atoms with E-state index in [0.29, 0.717) is 25.3 Å². The van der Waals surface area contributed by atoms with E-state index >= 15 is 0 Å². The first kappa shape index (κ1) is 14.5. The molecule has 0 aliphatic carbocycles. The summed E-state index contributed by atoms with van der Waals surface area (Å²) in [5.74, 6) is -1.57. The molecule has 1 unspecified atom stereocenters. The van der Waals surface area contributed by atoms with E-state index in [0.717, 1.165) is 6.07 Å². The number of rotatable bonds is 6. The van der Waals surface area contributed by atoms with E-state index in [9.17, 15) is 8.78 Å². The number of hydrogen-bond acceptors (Lipinski definition) is 2. The van der Waals surface area contributed by atoms with Gasteiger partial charge in [-0.1, -0.05) is 28.1 Å². The molecule has 1 rings (SSSR count). The zero-order valence-corrected chi connectivity index (χ0v) is 11.5. The lowest BCUT2D eigenvalue weighted by atomic mass is 10.2. The quantitative estimate of drug-likeness (QED) is 0.749. The summed E-state index contributed by atoms with van der Waals surface area (Å²) in [6.45, 7) is 1.65. The van der Waals surface area contributed by atoms with Gasteiger partial charge in [0.15, 0.2) is 11.6 Å². The van der Waals surface area contributed by atoms with Gasteiger partial charge in [0.25, 0.3) is 0 Å². The summed E-state index contributed by atoms with van der Waals surface area (Å²) < 4.78 is 31.4. The smallest absolute Gasteiger partial charge is 0.163 e. The molecule has 0 aliphatic rings. The molecule has 1 aromatic carbocycles. The molecule has 0 bridgehead atoms. The lowest BCUT2D eigenvalue weighted by molar-refractivity contribution is 0.184. The molecule has 1 atom stereocenters. The van der Waals surface area contributed by atoms with Crippen LogP contribution < -0.4 is 0 Å². The van der Waals surface area contributed by atoms with Crippen LogP contribution in [0.5, 0.6) is 0 Å². The Labute approximate surface area is 109 Å². The fourth-order valence-corrected chi connectivity index (χ4v) is 2.36. The predicted molar refractivity (Wildman–Crippen MR) is 67.3 cm³/mol. The molecular weight excluding hydrogens is 292 g/mol. The highest BCUT2D eigenvalue weighted by molar-refractivity contribution is 9.09. The zero-order valence-electron chi connectivity index (χ0n) is 9.92. The molecule has 1 aromatic rings. The van der Waals surface area contributed by atoms with Crippen molar-refractivity contribution in [3.05, 3.63) is 35.4 Å². The van der Waals surface area contributed by atoms with Crippen molar-refractivity contribution in [1.82, 2.24) is 4.90 Å². The van der Waals surface area contributed by atoms with Gasteiger partial charge in [-0.3, -0.25) is 0 Å². The fraction of sp³-hybridized carbons (Fsp3) is 0.500. The molecule has 0 aromatic heterocycles. The standard InChI is InChI=1S/C12H16BrF2NO/c1-16(7-10(13)8-17-2)6-9-4-3-5-11(14)12(9)15/h3-5,10H,6-8H2,1-2H3. The van der Waals surface area contributed by atoms with E-state index in [1.165, 1.54) is 6.07 Å². The van der Waals surface area contributed by atoms with Crippen LogP contribution in [0.15, 0.2) is 18.2 Å². The Hall–Kier alpha value is -0.520. The third kappa shape index (κ3) is 4.69. The Kier molecular flexibility index (Phi) is 6.02. The Morgan fingerprint density at radius 2 is 2.12 bits per heavy atom. The summed E-state index contributed by atoms with van der Waals surface area (Å²) in [5, 5.41) is 0. The third-order valence-electron chi connectivity index (χ3n) is 2.33. The topological polar surface area (TPSA) is 12.5 Å². The van der Waals surface area contributed by atoms with Crippen LogP contribution in [0.1, 0.15) is 5.56 Å². The maximum Gasteiger partial charge on any atom is 0.163 e. The van der Waals surface area contributed by atoms with Gasteiger partial charge < -0.3 is 9.64 Å². The molecule has 0 N–H and O–H groups in total. The van der Waals surface area contributed by atoms with Crippen LogP contribution in [0.3, 0.4) is 0 Å². The summed E-state index contributed by atoms with van der Waals surface area (Å²) in [7, 11) is 3.48. The summed E-state index contributed by atoms with van der Waals surface area (Å²) in [4.78, 5) is 2.09. The summed E-state index contributed by atoms with van der Waals surface area (Å²) in [6, 6.07) is 4.23. The van der Waals surface area contributed by atoms with E-state index in [1.807, 2.05) is 11.9 Å². The van der Waals surface area contributed by atoms with Crippen molar-refractivity contribution in [2.24, 2.45) is 0 Å². The molecule has 0 radical (unpaired) electrons. The lowest BCUT2D eigenvalue weighted by Gasteiger charge is -2.20. The van der Waals surface area contributed by atoms with Gasteiger partial charge in [0, 0.05) is 25.8 Å². The van der Waals surface area contributed by atoms with E-state index in [-0.39, 0.29) is 4.83 Å². The monoisotopic (exact) mass is 307 g/mol. The van der Waals surface area contributed by atoms with E-state index in [1.54, 1.807) is 13.2 Å². The van der Waals surface area contributed by atoms with E-state index in [2.05, 4.69) is 15.9 Å². The van der Waals surface area contributed by atoms with Gasteiger partial charge in [-0.25, -0.2) is 8.78 Å². The minimum Gasteiger partial charge on any atom is -0.383 e. The minimum absolute atomic E-state index is 0.175. The zero-order chi connectivity index (χ0) is 12.8.